The second kappa shape index (κ2) is 8.56. The normalized spacial score (nSPS) is 17.6. The third-order valence-electron chi connectivity index (χ3n) is 3.41. The van der Waals surface area contributed by atoms with Crippen LogP contribution in [-0.2, 0) is 0 Å². The minimum absolute atomic E-state index is 0. The molecular formula is C13H19Br2ClN2O2. The lowest BCUT2D eigenvalue weighted by atomic mass is 10.0. The fourth-order valence-corrected chi connectivity index (χ4v) is 3.75. The average molecular weight is 431 g/mol. The number of benzene rings is 1. The predicted molar refractivity (Wildman–Crippen MR) is 89.6 cm³/mol. The Labute approximate surface area is 142 Å². The van der Waals surface area contributed by atoms with Crippen LogP contribution in [-0.4, -0.2) is 47.9 Å². The minimum Gasteiger partial charge on any atom is -0.506 e. The second-order valence-electron chi connectivity index (χ2n) is 4.64. The number of hydrogen-bond acceptors (Lipinski definition) is 4. The number of phenolic OH excluding ortho intramolecular Hbond substituents is 1. The lowest BCUT2D eigenvalue weighted by Crippen LogP contribution is -2.45. The first-order valence-corrected chi connectivity index (χ1v) is 7.95. The number of rotatable bonds is 4. The van der Waals surface area contributed by atoms with Gasteiger partial charge in [-0.1, -0.05) is 15.9 Å². The molecule has 0 aromatic heterocycles. The maximum atomic E-state index is 10.3. The molecule has 1 aromatic rings. The summed E-state index contributed by atoms with van der Waals surface area (Å²) in [4.78, 5) is 2.31. The number of aromatic hydroxyl groups is 1. The van der Waals surface area contributed by atoms with Crippen molar-refractivity contribution in [3.63, 3.8) is 0 Å². The molecule has 0 bridgehead atoms. The largest absolute Gasteiger partial charge is 0.506 e. The van der Waals surface area contributed by atoms with Crippen molar-refractivity contribution >= 4 is 44.3 Å². The number of hydrogen-bond donors (Lipinski definition) is 3. The van der Waals surface area contributed by atoms with Crippen molar-refractivity contribution < 1.29 is 10.2 Å². The summed E-state index contributed by atoms with van der Waals surface area (Å²) in [6.07, 6.45) is 0.621. The molecule has 0 saturated carbocycles. The van der Waals surface area contributed by atoms with Gasteiger partial charge in [0.2, 0.25) is 0 Å². The number of halogens is 3. The van der Waals surface area contributed by atoms with Gasteiger partial charge in [0.25, 0.3) is 0 Å². The van der Waals surface area contributed by atoms with Gasteiger partial charge in [-0.05, 0) is 34.5 Å². The van der Waals surface area contributed by atoms with E-state index >= 15 is 0 Å². The summed E-state index contributed by atoms with van der Waals surface area (Å²) in [6.45, 7) is 3.84. The summed E-state index contributed by atoms with van der Waals surface area (Å²) in [5.74, 6) is 0.264. The zero-order valence-corrected chi connectivity index (χ0v) is 15.0. The third-order valence-corrected chi connectivity index (χ3v) is 4.47. The second-order valence-corrected chi connectivity index (χ2v) is 6.41. The van der Waals surface area contributed by atoms with Crippen LogP contribution in [0.25, 0.3) is 0 Å². The Balaban J connectivity index is 0.00000200. The van der Waals surface area contributed by atoms with Crippen LogP contribution in [0.1, 0.15) is 18.0 Å². The molecule has 0 aliphatic carbocycles. The fourth-order valence-electron chi connectivity index (χ4n) is 2.49. The molecule has 114 valence electrons. The Kier molecular flexibility index (Phi) is 7.79. The van der Waals surface area contributed by atoms with Gasteiger partial charge in [0, 0.05) is 48.9 Å². The highest BCUT2D eigenvalue weighted by molar-refractivity contribution is 9.11. The Bertz CT molecular complexity index is 443. The van der Waals surface area contributed by atoms with Crippen molar-refractivity contribution in [2.75, 3.05) is 32.8 Å². The smallest absolute Gasteiger partial charge is 0.134 e. The van der Waals surface area contributed by atoms with Crippen molar-refractivity contribution in [2.24, 2.45) is 0 Å². The van der Waals surface area contributed by atoms with E-state index in [-0.39, 0.29) is 30.8 Å². The van der Waals surface area contributed by atoms with E-state index in [9.17, 15) is 10.2 Å². The van der Waals surface area contributed by atoms with Crippen LogP contribution in [0.4, 0.5) is 0 Å². The van der Waals surface area contributed by atoms with Gasteiger partial charge in [-0.25, -0.2) is 0 Å². The number of nitrogens with one attached hydrogen (secondary N) is 1. The van der Waals surface area contributed by atoms with Crippen LogP contribution < -0.4 is 5.32 Å². The molecule has 1 aliphatic heterocycles. The fraction of sp³-hybridized carbons (Fsp3) is 0.538. The monoisotopic (exact) mass is 428 g/mol. The standard InChI is InChI=1S/C13H18Br2N2O2.ClH/c14-9-7-10(13(19)11(15)8-9)12(1-6-18)17-4-2-16-3-5-17;/h7-8,12,16,18-19H,1-6H2;1H/t12-;/m0./s1. The van der Waals surface area contributed by atoms with Gasteiger partial charge in [-0.15, -0.1) is 12.4 Å². The van der Waals surface area contributed by atoms with Crippen LogP contribution in [0.5, 0.6) is 5.75 Å². The number of aliphatic hydroxyl groups is 1. The molecule has 1 saturated heterocycles. The summed E-state index contributed by atoms with van der Waals surface area (Å²) in [5, 5.41) is 22.9. The summed E-state index contributed by atoms with van der Waals surface area (Å²) >= 11 is 6.82. The van der Waals surface area contributed by atoms with Gasteiger partial charge >= 0.3 is 0 Å². The molecule has 3 N–H and O–H groups in total. The molecule has 0 radical (unpaired) electrons. The zero-order valence-electron chi connectivity index (χ0n) is 11.0. The summed E-state index contributed by atoms with van der Waals surface area (Å²) in [5.41, 5.74) is 0.859. The van der Waals surface area contributed by atoms with Crippen molar-refractivity contribution in [1.29, 1.82) is 0 Å². The molecule has 1 fully saturated rings. The van der Waals surface area contributed by atoms with Crippen molar-refractivity contribution in [3.8, 4) is 5.75 Å². The summed E-state index contributed by atoms with van der Waals surface area (Å²) in [7, 11) is 0. The van der Waals surface area contributed by atoms with Crippen LogP contribution in [0.15, 0.2) is 21.1 Å². The maximum absolute atomic E-state index is 10.3. The number of aliphatic hydroxyl groups excluding tert-OH is 1. The molecule has 20 heavy (non-hydrogen) atoms. The Morgan fingerprint density at radius 1 is 1.25 bits per heavy atom. The van der Waals surface area contributed by atoms with E-state index in [1.54, 1.807) is 0 Å². The first-order chi connectivity index (χ1) is 9.13. The number of piperazine rings is 1. The van der Waals surface area contributed by atoms with E-state index in [2.05, 4.69) is 42.1 Å². The number of phenols is 1. The zero-order chi connectivity index (χ0) is 13.8. The molecule has 0 unspecified atom stereocenters. The predicted octanol–water partition coefficient (Wildman–Crippen LogP) is 2.67. The quantitative estimate of drug-likeness (QED) is 0.688. The molecule has 4 nitrogen and oxygen atoms in total. The molecule has 1 heterocycles. The van der Waals surface area contributed by atoms with Crippen LogP contribution >= 0.6 is 44.3 Å². The lowest BCUT2D eigenvalue weighted by Gasteiger charge is -2.35. The van der Waals surface area contributed by atoms with E-state index < -0.39 is 0 Å². The molecule has 2 rings (SSSR count). The highest BCUT2D eigenvalue weighted by Crippen LogP contribution is 2.38. The summed E-state index contributed by atoms with van der Waals surface area (Å²) in [6, 6.07) is 3.80. The van der Waals surface area contributed by atoms with Crippen LogP contribution in [0, 0.1) is 0 Å². The molecule has 1 aliphatic rings. The first-order valence-electron chi connectivity index (χ1n) is 6.37. The van der Waals surface area contributed by atoms with E-state index in [1.165, 1.54) is 0 Å². The SMILES string of the molecule is Cl.OCC[C@@H](c1cc(Br)cc(Br)c1O)N1CCNCC1. The highest BCUT2D eigenvalue weighted by atomic mass is 79.9. The van der Waals surface area contributed by atoms with Gasteiger partial charge in [-0.2, -0.15) is 0 Å². The van der Waals surface area contributed by atoms with Crippen molar-refractivity contribution in [3.05, 3.63) is 26.6 Å². The van der Waals surface area contributed by atoms with E-state index in [4.69, 9.17) is 0 Å². The minimum atomic E-state index is 0. The first kappa shape index (κ1) is 18.2. The van der Waals surface area contributed by atoms with Gasteiger partial charge in [-0.3, -0.25) is 4.90 Å². The highest BCUT2D eigenvalue weighted by Gasteiger charge is 2.25. The molecule has 1 atom stereocenters. The molecule has 7 heteroatoms. The molecule has 1 aromatic carbocycles. The Hall–Kier alpha value is 0.150. The van der Waals surface area contributed by atoms with Gasteiger partial charge in [0.05, 0.1) is 4.47 Å². The van der Waals surface area contributed by atoms with E-state index in [0.717, 1.165) is 36.2 Å². The molecule has 0 amide bonds. The van der Waals surface area contributed by atoms with Gasteiger partial charge < -0.3 is 15.5 Å². The van der Waals surface area contributed by atoms with E-state index in [1.807, 2.05) is 12.1 Å². The van der Waals surface area contributed by atoms with E-state index in [0.29, 0.717) is 10.9 Å². The average Bonchev–Trinajstić information content (AvgIpc) is 2.41. The van der Waals surface area contributed by atoms with Crippen molar-refractivity contribution in [2.45, 2.75) is 12.5 Å². The van der Waals surface area contributed by atoms with Gasteiger partial charge in [0.15, 0.2) is 0 Å². The van der Waals surface area contributed by atoms with Gasteiger partial charge in [0.1, 0.15) is 5.75 Å². The molecular weight excluding hydrogens is 411 g/mol. The third kappa shape index (κ3) is 4.32. The van der Waals surface area contributed by atoms with Crippen LogP contribution in [0.3, 0.4) is 0 Å². The molecule has 0 spiro atoms. The Morgan fingerprint density at radius 2 is 1.90 bits per heavy atom. The number of nitrogens with zero attached hydrogens (tertiary/aromatic N) is 1. The van der Waals surface area contributed by atoms with Crippen molar-refractivity contribution in [1.82, 2.24) is 10.2 Å². The maximum Gasteiger partial charge on any atom is 0.134 e. The Morgan fingerprint density at radius 3 is 2.50 bits per heavy atom. The van der Waals surface area contributed by atoms with Crippen LogP contribution in [0.2, 0.25) is 0 Å². The topological polar surface area (TPSA) is 55.7 Å². The lowest BCUT2D eigenvalue weighted by molar-refractivity contribution is 0.139. The summed E-state index contributed by atoms with van der Waals surface area (Å²) < 4.78 is 1.60.